The van der Waals surface area contributed by atoms with Gasteiger partial charge in [0.1, 0.15) is 0 Å². The first-order valence-electron chi connectivity index (χ1n) is 12.7. The molecule has 1 aliphatic carbocycles. The number of hydrogen-bond donors (Lipinski definition) is 2. The molecule has 190 valence electrons. The van der Waals surface area contributed by atoms with Gasteiger partial charge in [0, 0.05) is 47.7 Å². The van der Waals surface area contributed by atoms with Gasteiger partial charge in [-0.3, -0.25) is 24.1 Å². The molecular weight excluding hydrogens is 482 g/mol. The minimum atomic E-state index is -2.34. The normalized spacial score (nSPS) is 17.9. The number of amides is 2. The summed E-state index contributed by atoms with van der Waals surface area (Å²) in [5, 5.41) is 16.5. The van der Waals surface area contributed by atoms with Gasteiger partial charge in [-0.05, 0) is 43.2 Å². The third-order valence-corrected chi connectivity index (χ3v) is 7.35. The minimum Gasteiger partial charge on any atom is -0.371 e. The van der Waals surface area contributed by atoms with Gasteiger partial charge in [0.05, 0.1) is 22.4 Å². The standard InChI is InChI=1S/C30H25N3O5/c34-25-11-5-12-26(35)30(25,38)18-15-19(17-20(16-18)33-27(36)13-6-14-28(33)37)31-29-21-7-1-3-9-23(21)32-24-10-4-2-8-22(24)29/h1-4,7-10,15-17,38H,5-6,11-14H2,(H,31,32). The van der Waals surface area contributed by atoms with Gasteiger partial charge in [0.2, 0.25) is 17.4 Å². The van der Waals surface area contributed by atoms with Crippen LogP contribution < -0.4 is 10.2 Å². The molecule has 0 spiro atoms. The number of hydrogen-bond acceptors (Lipinski definition) is 7. The average Bonchev–Trinajstić information content (AvgIpc) is 2.91. The molecule has 3 aromatic carbocycles. The molecule has 1 saturated carbocycles. The Labute approximate surface area is 218 Å². The second-order valence-corrected chi connectivity index (χ2v) is 9.80. The number of imide groups is 1. The molecule has 2 aliphatic rings. The summed E-state index contributed by atoms with van der Waals surface area (Å²) in [6.45, 7) is 0. The predicted molar refractivity (Wildman–Crippen MR) is 143 cm³/mol. The van der Waals surface area contributed by atoms with Crippen molar-refractivity contribution in [3.05, 3.63) is 72.3 Å². The quantitative estimate of drug-likeness (QED) is 0.234. The molecule has 2 fully saturated rings. The third kappa shape index (κ3) is 3.85. The van der Waals surface area contributed by atoms with Crippen LogP contribution in [0.4, 0.5) is 17.1 Å². The molecule has 0 radical (unpaired) electrons. The van der Waals surface area contributed by atoms with Crippen LogP contribution in [-0.4, -0.2) is 33.5 Å². The van der Waals surface area contributed by atoms with Gasteiger partial charge < -0.3 is 10.4 Å². The zero-order chi connectivity index (χ0) is 26.4. The van der Waals surface area contributed by atoms with Crippen molar-refractivity contribution < 1.29 is 24.3 Å². The number of fused-ring (bicyclic) bond motifs is 2. The topological polar surface area (TPSA) is 117 Å². The number of Topliss-reactive ketones (excluding diaryl/α,β-unsaturated/α-hetero) is 2. The van der Waals surface area contributed by atoms with Crippen molar-refractivity contribution in [1.82, 2.24) is 4.98 Å². The Morgan fingerprint density at radius 3 is 1.89 bits per heavy atom. The highest BCUT2D eigenvalue weighted by Gasteiger charge is 2.47. The number of pyridine rings is 1. The van der Waals surface area contributed by atoms with Crippen molar-refractivity contribution in [3.63, 3.8) is 0 Å². The summed E-state index contributed by atoms with van der Waals surface area (Å²) >= 11 is 0. The highest BCUT2D eigenvalue weighted by atomic mass is 16.3. The monoisotopic (exact) mass is 507 g/mol. The van der Waals surface area contributed by atoms with Gasteiger partial charge >= 0.3 is 0 Å². The van der Waals surface area contributed by atoms with Crippen LogP contribution in [0.2, 0.25) is 0 Å². The maximum atomic E-state index is 12.9. The molecule has 38 heavy (non-hydrogen) atoms. The van der Waals surface area contributed by atoms with E-state index in [1.165, 1.54) is 6.07 Å². The van der Waals surface area contributed by atoms with Crippen LogP contribution in [0.15, 0.2) is 66.7 Å². The second kappa shape index (κ2) is 9.15. The fourth-order valence-electron chi connectivity index (χ4n) is 5.43. The summed E-state index contributed by atoms with van der Waals surface area (Å²) in [7, 11) is 0. The number of ketones is 2. The van der Waals surface area contributed by atoms with Crippen LogP contribution in [-0.2, 0) is 24.8 Å². The number of nitrogens with one attached hydrogen (secondary N) is 1. The van der Waals surface area contributed by atoms with E-state index in [1.807, 2.05) is 48.5 Å². The van der Waals surface area contributed by atoms with Gasteiger partial charge in [0.25, 0.3) is 0 Å². The number of benzene rings is 3. The third-order valence-electron chi connectivity index (χ3n) is 7.35. The van der Waals surface area contributed by atoms with Crippen LogP contribution in [0.1, 0.15) is 44.1 Å². The van der Waals surface area contributed by atoms with Crippen molar-refractivity contribution in [2.75, 3.05) is 10.2 Å². The first-order chi connectivity index (χ1) is 18.4. The van der Waals surface area contributed by atoms with E-state index in [0.29, 0.717) is 18.5 Å². The van der Waals surface area contributed by atoms with Crippen LogP contribution in [0.3, 0.4) is 0 Å². The summed E-state index contributed by atoms with van der Waals surface area (Å²) in [5.74, 6) is -1.91. The Hall–Kier alpha value is -4.43. The van der Waals surface area contributed by atoms with E-state index in [9.17, 15) is 24.3 Å². The van der Waals surface area contributed by atoms with Gasteiger partial charge in [0.15, 0.2) is 11.6 Å². The lowest BCUT2D eigenvalue weighted by molar-refractivity contribution is -0.155. The molecule has 2 amide bonds. The van der Waals surface area contributed by atoms with Crippen molar-refractivity contribution in [2.24, 2.45) is 0 Å². The largest absolute Gasteiger partial charge is 0.371 e. The molecular formula is C30H25N3O5. The van der Waals surface area contributed by atoms with E-state index in [4.69, 9.17) is 4.98 Å². The van der Waals surface area contributed by atoms with Crippen LogP contribution in [0.25, 0.3) is 21.8 Å². The second-order valence-electron chi connectivity index (χ2n) is 9.80. The van der Waals surface area contributed by atoms with Crippen molar-refractivity contribution >= 4 is 62.2 Å². The Kier molecular flexibility index (Phi) is 5.76. The predicted octanol–water partition coefficient (Wildman–Crippen LogP) is 4.68. The molecule has 1 aromatic heterocycles. The fourth-order valence-corrected chi connectivity index (χ4v) is 5.43. The van der Waals surface area contributed by atoms with E-state index in [-0.39, 0.29) is 48.7 Å². The number of anilines is 3. The molecule has 0 atom stereocenters. The number of carbonyl (C=O) groups is 4. The summed E-state index contributed by atoms with van der Waals surface area (Å²) < 4.78 is 0. The number of para-hydroxylation sites is 2. The summed E-state index contributed by atoms with van der Waals surface area (Å²) in [6, 6.07) is 19.9. The smallest absolute Gasteiger partial charge is 0.233 e. The molecule has 0 bridgehead atoms. The molecule has 8 heteroatoms. The molecule has 2 heterocycles. The summed E-state index contributed by atoms with van der Waals surface area (Å²) in [6.07, 6.45) is 1.39. The van der Waals surface area contributed by atoms with Crippen LogP contribution in [0.5, 0.6) is 0 Å². The van der Waals surface area contributed by atoms with E-state index in [2.05, 4.69) is 5.32 Å². The van der Waals surface area contributed by atoms with Gasteiger partial charge in [-0.1, -0.05) is 36.4 Å². The first-order valence-corrected chi connectivity index (χ1v) is 12.7. The molecule has 8 nitrogen and oxygen atoms in total. The summed E-state index contributed by atoms with van der Waals surface area (Å²) in [5.41, 5.74) is 0.603. The van der Waals surface area contributed by atoms with Gasteiger partial charge in [-0.2, -0.15) is 0 Å². The number of aliphatic hydroxyl groups is 1. The lowest BCUT2D eigenvalue weighted by Gasteiger charge is -2.32. The molecule has 1 saturated heterocycles. The number of carbonyl (C=O) groups excluding carboxylic acids is 4. The Balaban J connectivity index is 1.56. The van der Waals surface area contributed by atoms with Gasteiger partial charge in [-0.15, -0.1) is 0 Å². The molecule has 4 aromatic rings. The molecule has 1 aliphatic heterocycles. The number of aromatic nitrogens is 1. The molecule has 6 rings (SSSR count). The number of piperidine rings is 1. The number of rotatable bonds is 4. The Bertz CT molecular complexity index is 1570. The molecule has 2 N–H and O–H groups in total. The maximum Gasteiger partial charge on any atom is 0.233 e. The average molecular weight is 508 g/mol. The highest BCUT2D eigenvalue weighted by Crippen LogP contribution is 2.39. The zero-order valence-electron chi connectivity index (χ0n) is 20.6. The SMILES string of the molecule is O=C1CCCC(=O)N1c1cc(Nc2c3ccccc3nc3ccccc23)cc(C2(O)C(=O)CCCC2=O)c1. The zero-order valence-corrected chi connectivity index (χ0v) is 20.6. The first kappa shape index (κ1) is 23.9. The van der Waals surface area contributed by atoms with E-state index < -0.39 is 17.2 Å². The van der Waals surface area contributed by atoms with Crippen molar-refractivity contribution in [1.29, 1.82) is 0 Å². The van der Waals surface area contributed by atoms with E-state index in [1.54, 1.807) is 12.1 Å². The lowest BCUT2D eigenvalue weighted by Crippen LogP contribution is -2.47. The lowest BCUT2D eigenvalue weighted by atomic mass is 9.77. The fraction of sp³-hybridized carbons (Fsp3) is 0.233. The van der Waals surface area contributed by atoms with Crippen molar-refractivity contribution in [3.8, 4) is 0 Å². The van der Waals surface area contributed by atoms with Gasteiger partial charge in [-0.25, -0.2) is 4.98 Å². The molecule has 0 unspecified atom stereocenters. The minimum absolute atomic E-state index is 0.0426. The Morgan fingerprint density at radius 2 is 1.29 bits per heavy atom. The summed E-state index contributed by atoms with van der Waals surface area (Å²) in [4.78, 5) is 57.3. The Morgan fingerprint density at radius 1 is 0.737 bits per heavy atom. The van der Waals surface area contributed by atoms with Crippen molar-refractivity contribution in [2.45, 2.75) is 44.1 Å². The highest BCUT2D eigenvalue weighted by molar-refractivity contribution is 6.18. The van der Waals surface area contributed by atoms with Crippen LogP contribution in [0, 0.1) is 0 Å². The number of nitrogens with zero attached hydrogens (tertiary/aromatic N) is 2. The van der Waals surface area contributed by atoms with E-state index in [0.717, 1.165) is 32.4 Å². The van der Waals surface area contributed by atoms with Crippen LogP contribution >= 0.6 is 0 Å². The maximum absolute atomic E-state index is 12.9. The van der Waals surface area contributed by atoms with E-state index >= 15 is 0 Å².